The molecule has 0 saturated heterocycles. The average Bonchev–Trinajstić information content (AvgIpc) is 0.779. The van der Waals surface area contributed by atoms with E-state index in [1.165, 1.54) is 76.8 Å². The Morgan fingerprint density at radius 2 is 0.724 bits per heavy atom. The van der Waals surface area contributed by atoms with Crippen LogP contribution in [0.25, 0.3) is 112 Å². The third kappa shape index (κ3) is 28.9. The van der Waals surface area contributed by atoms with Gasteiger partial charge in [0.05, 0.1) is 29.7 Å². The van der Waals surface area contributed by atoms with E-state index < -0.39 is 72.7 Å². The minimum atomic E-state index is -1.52. The molecule has 0 N–H and O–H groups in total. The van der Waals surface area contributed by atoms with Crippen LogP contribution < -0.4 is 15.6 Å². The van der Waals surface area contributed by atoms with Gasteiger partial charge in [0.25, 0.3) is 0 Å². The van der Waals surface area contributed by atoms with Crippen molar-refractivity contribution in [2.75, 3.05) is 0 Å². The quantitative estimate of drug-likeness (QED) is 0.0668. The third-order valence-corrected chi connectivity index (χ3v) is 30.3. The summed E-state index contributed by atoms with van der Waals surface area (Å²) >= 11 is 0. The minimum Gasteiger partial charge on any atom is -0.305 e. The van der Waals surface area contributed by atoms with Crippen LogP contribution in [0, 0.1) is 55.2 Å². The number of nitrogens with zero attached hydrogens (tertiary/aromatic N) is 6. The predicted molar refractivity (Wildman–Crippen MR) is 517 cm³/mol. The number of pyridine rings is 6. The van der Waals surface area contributed by atoms with Crippen molar-refractivity contribution in [1.29, 1.82) is 0 Å². The first-order chi connectivity index (χ1) is 62.7. The van der Waals surface area contributed by atoms with E-state index in [1.807, 2.05) is 103 Å². The molecular formula is C111H112Ir3N6Si3-6. The Morgan fingerprint density at radius 1 is 0.325 bits per heavy atom. The summed E-state index contributed by atoms with van der Waals surface area (Å²) in [6, 6.07) is 99.8. The molecule has 0 aliphatic rings. The molecule has 0 amide bonds. The molecule has 6 nitrogen and oxygen atoms in total. The fourth-order valence-electron chi connectivity index (χ4n) is 13.0. The van der Waals surface area contributed by atoms with Crippen molar-refractivity contribution in [3.63, 3.8) is 0 Å². The van der Waals surface area contributed by atoms with Crippen LogP contribution in [0.3, 0.4) is 0 Å². The van der Waals surface area contributed by atoms with Crippen molar-refractivity contribution in [3.05, 3.63) is 405 Å². The number of aryl methyl sites for hydroxylation is 1. The largest absolute Gasteiger partial charge is 0.305 e. The van der Waals surface area contributed by atoms with Crippen LogP contribution in [-0.2, 0) is 73.2 Å². The van der Waals surface area contributed by atoms with Gasteiger partial charge in [-0.15, -0.1) is 215 Å². The van der Waals surface area contributed by atoms with Gasteiger partial charge in [-0.05, 0) is 133 Å². The van der Waals surface area contributed by atoms with Gasteiger partial charge in [-0.25, -0.2) is 0 Å². The van der Waals surface area contributed by atoms with Gasteiger partial charge in [0.15, 0.2) is 0 Å². The molecule has 0 aliphatic heterocycles. The van der Waals surface area contributed by atoms with E-state index >= 15 is 0 Å². The molecule has 6 heterocycles. The maximum atomic E-state index is 7.75. The minimum absolute atomic E-state index is 0. The Balaban J connectivity index is 0.000000202. The molecule has 0 spiro atoms. The van der Waals surface area contributed by atoms with Crippen LogP contribution in [0.15, 0.2) is 352 Å². The summed E-state index contributed by atoms with van der Waals surface area (Å²) in [7, 11) is -4.06. The Labute approximate surface area is 795 Å². The second kappa shape index (κ2) is 47.5. The molecule has 0 unspecified atom stereocenters. The molecule has 16 rings (SSSR count). The van der Waals surface area contributed by atoms with Crippen LogP contribution >= 0.6 is 0 Å². The number of rotatable bonds is 17. The summed E-state index contributed by atoms with van der Waals surface area (Å²) in [5.74, 6) is 1.19. The summed E-state index contributed by atoms with van der Waals surface area (Å²) in [5, 5.41) is 4.83. The first-order valence-corrected chi connectivity index (χ1v) is 50.7. The maximum absolute atomic E-state index is 7.75. The Kier molecular flexibility index (Phi) is 31.3. The molecule has 0 saturated carbocycles. The van der Waals surface area contributed by atoms with Crippen molar-refractivity contribution >= 4 is 39.8 Å². The summed E-state index contributed by atoms with van der Waals surface area (Å²) in [6.45, 7) is 37.6. The fourth-order valence-corrected chi connectivity index (χ4v) is 17.2. The maximum Gasteiger partial charge on any atom is 0.0859 e. The normalized spacial score (nSPS) is 12.3. The molecule has 6 aromatic heterocycles. The van der Waals surface area contributed by atoms with E-state index in [4.69, 9.17) is 31.4 Å². The Bertz CT molecular complexity index is 6470. The van der Waals surface area contributed by atoms with Crippen LogP contribution in [0.2, 0.25) is 57.4 Å². The summed E-state index contributed by atoms with van der Waals surface area (Å²) < 4.78 is 90.5. The monoisotopic (exact) mass is 2200 g/mol. The molecule has 0 aliphatic carbocycles. The Hall–Kier alpha value is -10.3. The SMILES string of the molecule is CC(C)Cc1cc(-c2[c-]cccc2)ncc1-c1ccc([Si](C)(C)C(C)(C)C)cc1.CC(C)Cc1cc(-c2[c-]cccc2)ncc1-c1ccc([Si](C)(C)C)cc1.Cc1cc(-c2[c-]ccc(-c3ccccc3)c2)ncc1-c1ccc([Si](C)(C)C)cc1.[2H]c1[c-]c(-c2ccccn2)c([2H])c([2H])c1[2H].[2H]c1[c-]c(-c2nc([2H])c([2H])c([2H])c2[2H])c([2H])c([2H])c1[2H].[Ir].[Ir].[Ir].[c-]1ccccc1-c1ccccn1. The van der Waals surface area contributed by atoms with E-state index in [0.717, 1.165) is 57.9 Å². The summed E-state index contributed by atoms with van der Waals surface area (Å²) in [5.41, 5.74) is 22.3. The van der Waals surface area contributed by atoms with Gasteiger partial charge in [0.2, 0.25) is 0 Å². The zero-order valence-electron chi connectivity index (χ0n) is 84.8. The number of hydrogen-bond donors (Lipinski definition) is 0. The van der Waals surface area contributed by atoms with E-state index in [1.54, 1.807) is 30.6 Å². The molecule has 3 radical (unpaired) electrons. The van der Waals surface area contributed by atoms with E-state index in [2.05, 4.69) is 305 Å². The second-order valence-corrected chi connectivity index (χ2v) is 49.2. The van der Waals surface area contributed by atoms with E-state index in [9.17, 15) is 0 Å². The zero-order chi connectivity index (χ0) is 95.5. The standard InChI is InChI=1S/C27H26NSi.C27H34NSi.C24H28NSi.3C11H8N.3Ir/c1-20-17-27(24-12-8-11-23(18-24)21-9-6-5-7-10-21)28-19-26(20)22-13-15-25(16-14-22)29(2,3)4;1-20(2)17-23-18-26(22-11-9-8-10-12-22)28-19-25(23)21-13-15-24(16-14-21)29(6,7)27(3,4)5;1-18(2)15-21-16-24(20-9-7-6-8-10-20)25-17-23(21)19-11-13-22(14-12-19)26(3,4)5;3*1-2-6-10(7-3-1)11-8-4-5-9-12-11;;;/h5-11,13-19H,1-4H3;8-11,13-16,18-20H,17H2,1-7H3;6-9,11-14,16-18H,15H2,1-5H3;3*1-6,8-9H;;;/q6*-1;;;/i;;;1D,2D,3D,4D,5D,6D,8D,9D;1D,2D,3D,6D;;;;. The number of hydrogen-bond acceptors (Lipinski definition) is 6. The van der Waals surface area contributed by atoms with Crippen LogP contribution in [0.4, 0.5) is 0 Å². The van der Waals surface area contributed by atoms with Gasteiger partial charge >= 0.3 is 0 Å². The van der Waals surface area contributed by atoms with Gasteiger partial charge in [-0.2, -0.15) is 0 Å². The van der Waals surface area contributed by atoms with Gasteiger partial charge in [-0.3, -0.25) is 0 Å². The van der Waals surface area contributed by atoms with Crippen LogP contribution in [0.5, 0.6) is 0 Å². The number of aromatic nitrogens is 6. The van der Waals surface area contributed by atoms with E-state index in [0.29, 0.717) is 28.1 Å². The zero-order valence-corrected chi connectivity index (χ0v) is 83.0. The topological polar surface area (TPSA) is 77.3 Å². The number of benzene rings is 10. The molecule has 16 aromatic rings. The molecule has 0 bridgehead atoms. The predicted octanol–water partition coefficient (Wildman–Crippen LogP) is 27.5. The van der Waals surface area contributed by atoms with Crippen molar-refractivity contribution < 1.29 is 76.8 Å². The molecule has 12 heteroatoms. The smallest absolute Gasteiger partial charge is 0.0859 e. The van der Waals surface area contributed by atoms with E-state index in [-0.39, 0.29) is 95.7 Å². The van der Waals surface area contributed by atoms with Gasteiger partial charge in [0, 0.05) is 120 Å². The van der Waals surface area contributed by atoms with Gasteiger partial charge < -0.3 is 29.9 Å². The van der Waals surface area contributed by atoms with Crippen molar-refractivity contribution in [2.45, 2.75) is 126 Å². The first kappa shape index (κ1) is 81.1. The van der Waals surface area contributed by atoms with Crippen molar-refractivity contribution in [2.24, 2.45) is 11.8 Å². The summed E-state index contributed by atoms with van der Waals surface area (Å²) in [4.78, 5) is 26.2. The third-order valence-electron chi connectivity index (χ3n) is 20.7. The molecule has 123 heavy (non-hydrogen) atoms. The Morgan fingerprint density at radius 3 is 1.15 bits per heavy atom. The molecule has 631 valence electrons. The van der Waals surface area contributed by atoms with Crippen LogP contribution in [0.1, 0.15) is 81.6 Å². The van der Waals surface area contributed by atoms with Crippen molar-refractivity contribution in [1.82, 2.24) is 29.9 Å². The average molecular weight is 2200 g/mol. The molecule has 10 aromatic carbocycles. The fraction of sp³-hybridized carbons (Fsp3) is 0.189. The van der Waals surface area contributed by atoms with Crippen LogP contribution in [-0.4, -0.2) is 54.1 Å². The first-order valence-electron chi connectivity index (χ1n) is 46.7. The molecule has 0 fully saturated rings. The van der Waals surface area contributed by atoms with Crippen molar-refractivity contribution in [3.8, 4) is 112 Å². The van der Waals surface area contributed by atoms with Gasteiger partial charge in [-0.1, -0.05) is 274 Å². The summed E-state index contributed by atoms with van der Waals surface area (Å²) in [6.07, 6.45) is 11.0. The second-order valence-electron chi connectivity index (χ2n) is 33.7. The molecular weight excluding hydrogens is 2080 g/mol. The molecule has 0 atom stereocenters. The van der Waals surface area contributed by atoms with Gasteiger partial charge in [0.1, 0.15) is 0 Å².